The van der Waals surface area contributed by atoms with Crippen LogP contribution < -0.4 is 0 Å². The molecule has 1 heterocycles. The van der Waals surface area contributed by atoms with E-state index in [1.807, 2.05) is 27.8 Å². The summed E-state index contributed by atoms with van der Waals surface area (Å²) in [5.41, 5.74) is 1.03. The van der Waals surface area contributed by atoms with E-state index in [4.69, 9.17) is 27.9 Å². The van der Waals surface area contributed by atoms with Gasteiger partial charge in [0, 0.05) is 38.5 Å². The van der Waals surface area contributed by atoms with Gasteiger partial charge in [0.15, 0.2) is 0 Å². The van der Waals surface area contributed by atoms with E-state index in [9.17, 15) is 4.79 Å². The largest absolute Gasteiger partial charge is 0.383 e. The van der Waals surface area contributed by atoms with Crippen LogP contribution in [-0.4, -0.2) is 40.6 Å². The molecular formula is C19H23Cl2N3O2. The highest BCUT2D eigenvalue weighted by atomic mass is 35.5. The van der Waals surface area contributed by atoms with Crippen LogP contribution in [0.1, 0.15) is 30.7 Å². The highest BCUT2D eigenvalue weighted by molar-refractivity contribution is 6.42. The minimum Gasteiger partial charge on any atom is -0.383 e. The van der Waals surface area contributed by atoms with E-state index in [-0.39, 0.29) is 11.8 Å². The monoisotopic (exact) mass is 395 g/mol. The van der Waals surface area contributed by atoms with Gasteiger partial charge < -0.3 is 14.2 Å². The third-order valence-corrected chi connectivity index (χ3v) is 5.54. The van der Waals surface area contributed by atoms with E-state index in [2.05, 4.69) is 4.98 Å². The minimum absolute atomic E-state index is 0.158. The second-order valence-corrected chi connectivity index (χ2v) is 7.41. The standard InChI is InChI=1S/C19H23Cl2N3O2/c1-26-10-9-24(19(25)15-3-2-4-15)13-18-22-7-8-23(18)12-14-5-6-16(20)17(21)11-14/h5-8,11,15H,2-4,9-10,12-13H2,1H3. The molecule has 1 amide bonds. The molecule has 2 aromatic rings. The van der Waals surface area contributed by atoms with E-state index in [0.717, 1.165) is 30.7 Å². The third-order valence-electron chi connectivity index (χ3n) is 4.80. The second-order valence-electron chi connectivity index (χ2n) is 6.60. The van der Waals surface area contributed by atoms with Crippen molar-refractivity contribution >= 4 is 29.1 Å². The molecule has 3 rings (SSSR count). The summed E-state index contributed by atoms with van der Waals surface area (Å²) in [6.07, 6.45) is 6.79. The fourth-order valence-electron chi connectivity index (χ4n) is 3.02. The topological polar surface area (TPSA) is 47.4 Å². The van der Waals surface area contributed by atoms with Crippen molar-refractivity contribution in [3.05, 3.63) is 52.0 Å². The Morgan fingerprint density at radius 1 is 1.35 bits per heavy atom. The zero-order valence-corrected chi connectivity index (χ0v) is 16.3. The first-order chi connectivity index (χ1) is 12.6. The maximum atomic E-state index is 12.7. The van der Waals surface area contributed by atoms with E-state index in [1.54, 1.807) is 19.4 Å². The fraction of sp³-hybridized carbons (Fsp3) is 0.474. The number of amides is 1. The zero-order chi connectivity index (χ0) is 18.5. The number of carbonyl (C=O) groups excluding carboxylic acids is 1. The highest BCUT2D eigenvalue weighted by Crippen LogP contribution is 2.29. The lowest BCUT2D eigenvalue weighted by atomic mass is 9.84. The molecule has 0 spiro atoms. The molecule has 1 aromatic heterocycles. The number of carbonyl (C=O) groups is 1. The van der Waals surface area contributed by atoms with Gasteiger partial charge in [0.25, 0.3) is 0 Å². The summed E-state index contributed by atoms with van der Waals surface area (Å²) in [4.78, 5) is 19.0. The van der Waals surface area contributed by atoms with Crippen LogP contribution in [0.15, 0.2) is 30.6 Å². The maximum Gasteiger partial charge on any atom is 0.226 e. The van der Waals surface area contributed by atoms with E-state index in [0.29, 0.717) is 36.3 Å². The van der Waals surface area contributed by atoms with Crippen LogP contribution in [0.4, 0.5) is 0 Å². The van der Waals surface area contributed by atoms with Crippen LogP contribution in [-0.2, 0) is 22.6 Å². The van der Waals surface area contributed by atoms with Gasteiger partial charge in [-0.2, -0.15) is 0 Å². The molecule has 0 radical (unpaired) electrons. The molecule has 0 bridgehead atoms. The molecule has 26 heavy (non-hydrogen) atoms. The summed E-state index contributed by atoms with van der Waals surface area (Å²) in [5, 5.41) is 1.07. The third kappa shape index (κ3) is 4.58. The van der Waals surface area contributed by atoms with Crippen molar-refractivity contribution in [1.82, 2.24) is 14.5 Å². The Morgan fingerprint density at radius 2 is 2.15 bits per heavy atom. The van der Waals surface area contributed by atoms with Crippen LogP contribution >= 0.6 is 23.2 Å². The van der Waals surface area contributed by atoms with Gasteiger partial charge in [-0.05, 0) is 30.5 Å². The number of rotatable bonds is 8. The first-order valence-electron chi connectivity index (χ1n) is 8.80. The molecule has 140 valence electrons. The Hall–Kier alpha value is -1.56. The molecule has 0 atom stereocenters. The van der Waals surface area contributed by atoms with Gasteiger partial charge in [0.05, 0.1) is 23.2 Å². The lowest BCUT2D eigenvalue weighted by Crippen LogP contribution is -2.40. The Morgan fingerprint density at radius 3 is 2.81 bits per heavy atom. The molecule has 1 aliphatic rings. The molecule has 0 aliphatic heterocycles. The average Bonchev–Trinajstić information content (AvgIpc) is 3.00. The number of ether oxygens (including phenoxy) is 1. The minimum atomic E-state index is 0.158. The normalized spacial score (nSPS) is 14.3. The number of nitrogens with zero attached hydrogens (tertiary/aromatic N) is 3. The van der Waals surface area contributed by atoms with Crippen molar-refractivity contribution in [3.8, 4) is 0 Å². The number of halogens is 2. The van der Waals surface area contributed by atoms with Crippen molar-refractivity contribution in [2.45, 2.75) is 32.4 Å². The molecule has 0 saturated heterocycles. The Labute approximate surface area is 163 Å². The van der Waals surface area contributed by atoms with Crippen LogP contribution in [0.5, 0.6) is 0 Å². The van der Waals surface area contributed by atoms with Crippen LogP contribution in [0.2, 0.25) is 10.0 Å². The van der Waals surface area contributed by atoms with Gasteiger partial charge in [-0.3, -0.25) is 4.79 Å². The molecule has 0 unspecified atom stereocenters. The van der Waals surface area contributed by atoms with Crippen molar-refractivity contribution < 1.29 is 9.53 Å². The van der Waals surface area contributed by atoms with Crippen LogP contribution in [0, 0.1) is 5.92 Å². The number of hydrogen-bond acceptors (Lipinski definition) is 3. The molecule has 1 aromatic carbocycles. The molecule has 7 heteroatoms. The lowest BCUT2D eigenvalue weighted by Gasteiger charge is -2.31. The van der Waals surface area contributed by atoms with Gasteiger partial charge in [-0.25, -0.2) is 4.98 Å². The molecular weight excluding hydrogens is 373 g/mol. The van der Waals surface area contributed by atoms with E-state index in [1.165, 1.54) is 0 Å². The van der Waals surface area contributed by atoms with Gasteiger partial charge in [-0.1, -0.05) is 35.7 Å². The van der Waals surface area contributed by atoms with E-state index >= 15 is 0 Å². The predicted molar refractivity (Wildman–Crippen MR) is 102 cm³/mol. The molecule has 1 saturated carbocycles. The van der Waals surface area contributed by atoms with E-state index < -0.39 is 0 Å². The Balaban J connectivity index is 1.72. The fourth-order valence-corrected chi connectivity index (χ4v) is 3.34. The van der Waals surface area contributed by atoms with Gasteiger partial charge >= 0.3 is 0 Å². The number of imidazole rings is 1. The summed E-state index contributed by atoms with van der Waals surface area (Å²) in [6, 6.07) is 5.59. The quantitative estimate of drug-likeness (QED) is 0.677. The number of aromatic nitrogens is 2. The molecule has 1 aliphatic carbocycles. The second kappa shape index (κ2) is 8.89. The Kier molecular flexibility index (Phi) is 6.57. The molecule has 0 N–H and O–H groups in total. The maximum absolute atomic E-state index is 12.7. The Bertz CT molecular complexity index is 759. The number of benzene rings is 1. The average molecular weight is 396 g/mol. The van der Waals surface area contributed by atoms with Crippen molar-refractivity contribution in [2.75, 3.05) is 20.3 Å². The van der Waals surface area contributed by atoms with Crippen molar-refractivity contribution in [3.63, 3.8) is 0 Å². The number of hydrogen-bond donors (Lipinski definition) is 0. The van der Waals surface area contributed by atoms with Crippen molar-refractivity contribution in [1.29, 1.82) is 0 Å². The summed E-state index contributed by atoms with van der Waals surface area (Å²) >= 11 is 12.1. The predicted octanol–water partition coefficient (Wildman–Crippen LogP) is 4.01. The smallest absolute Gasteiger partial charge is 0.226 e. The van der Waals surface area contributed by atoms with Crippen molar-refractivity contribution in [2.24, 2.45) is 5.92 Å². The van der Waals surface area contributed by atoms with Crippen LogP contribution in [0.25, 0.3) is 0 Å². The number of methoxy groups -OCH3 is 1. The van der Waals surface area contributed by atoms with Gasteiger partial charge in [0.2, 0.25) is 5.91 Å². The summed E-state index contributed by atoms with van der Waals surface area (Å²) in [5.74, 6) is 1.21. The first-order valence-corrected chi connectivity index (χ1v) is 9.55. The summed E-state index contributed by atoms with van der Waals surface area (Å²) in [6.45, 7) is 2.20. The van der Waals surface area contributed by atoms with Crippen LogP contribution in [0.3, 0.4) is 0 Å². The molecule has 5 nitrogen and oxygen atoms in total. The van der Waals surface area contributed by atoms with Gasteiger partial charge in [0.1, 0.15) is 5.82 Å². The summed E-state index contributed by atoms with van der Waals surface area (Å²) < 4.78 is 7.21. The SMILES string of the molecule is COCCN(Cc1nccn1Cc1ccc(Cl)c(Cl)c1)C(=O)C1CCC1. The van der Waals surface area contributed by atoms with Gasteiger partial charge in [-0.15, -0.1) is 0 Å². The zero-order valence-electron chi connectivity index (χ0n) is 14.8. The summed E-state index contributed by atoms with van der Waals surface area (Å²) in [7, 11) is 1.65. The highest BCUT2D eigenvalue weighted by Gasteiger charge is 2.29. The first kappa shape index (κ1) is 19.2. The lowest BCUT2D eigenvalue weighted by molar-refractivity contribution is -0.139. The molecule has 1 fully saturated rings.